The van der Waals surface area contributed by atoms with Crippen LogP contribution in [0.15, 0.2) is 79.0 Å². The van der Waals surface area contributed by atoms with Crippen LogP contribution in [0.5, 0.6) is 11.5 Å². The normalized spacial score (nSPS) is 11.8. The summed E-state index contributed by atoms with van der Waals surface area (Å²) in [6.07, 6.45) is 2.85. The van der Waals surface area contributed by atoms with E-state index in [1.807, 2.05) is 96.1 Å². The number of fused-ring (bicyclic) bond motifs is 1. The van der Waals surface area contributed by atoms with Gasteiger partial charge in [0.15, 0.2) is 5.75 Å². The molecular formula is C38H43N5O5S. The topological polar surface area (TPSA) is 132 Å². The molecule has 10 nitrogen and oxygen atoms in total. The highest BCUT2D eigenvalue weighted by Gasteiger charge is 2.23. The highest BCUT2D eigenvalue weighted by atomic mass is 32.2. The summed E-state index contributed by atoms with van der Waals surface area (Å²) in [5.41, 5.74) is 5.70. The smallest absolute Gasteiger partial charge is 0.255 e. The lowest BCUT2D eigenvalue weighted by Gasteiger charge is -2.24. The molecule has 5 rings (SSSR count). The van der Waals surface area contributed by atoms with Crippen LogP contribution in [0.2, 0.25) is 0 Å². The Morgan fingerprint density at radius 3 is 2.31 bits per heavy atom. The highest BCUT2D eigenvalue weighted by molar-refractivity contribution is 7.92. The minimum absolute atomic E-state index is 0.167. The monoisotopic (exact) mass is 681 g/mol. The Bertz CT molecular complexity index is 2110. The average Bonchev–Trinajstić information content (AvgIpc) is 3.02. The molecule has 4 aromatic carbocycles. The zero-order valence-corrected chi connectivity index (χ0v) is 30.0. The molecule has 3 N–H and O–H groups in total. The second-order valence-corrected chi connectivity index (χ2v) is 15.1. The molecule has 0 aliphatic carbocycles. The first-order valence-corrected chi connectivity index (χ1v) is 17.9. The van der Waals surface area contributed by atoms with E-state index < -0.39 is 15.9 Å². The van der Waals surface area contributed by atoms with E-state index >= 15 is 0 Å². The fourth-order valence-electron chi connectivity index (χ4n) is 5.35. The van der Waals surface area contributed by atoms with E-state index in [2.05, 4.69) is 20.3 Å². The van der Waals surface area contributed by atoms with Crippen LogP contribution in [-0.2, 0) is 22.0 Å². The molecule has 1 aromatic heterocycles. The molecule has 1 amide bonds. The van der Waals surface area contributed by atoms with Crippen LogP contribution in [0.4, 0.5) is 17.3 Å². The van der Waals surface area contributed by atoms with E-state index in [9.17, 15) is 13.2 Å². The number of amides is 1. The number of ether oxygens (including phenoxy) is 2. The molecule has 0 radical (unpaired) electrons. The van der Waals surface area contributed by atoms with Crippen molar-refractivity contribution < 1.29 is 22.7 Å². The third-order valence-electron chi connectivity index (χ3n) is 7.83. The maximum Gasteiger partial charge on any atom is 0.255 e. The largest absolute Gasteiger partial charge is 0.492 e. The van der Waals surface area contributed by atoms with Gasteiger partial charge in [-0.1, -0.05) is 57.2 Å². The van der Waals surface area contributed by atoms with Gasteiger partial charge in [-0.2, -0.15) is 0 Å². The van der Waals surface area contributed by atoms with Crippen LogP contribution in [0.25, 0.3) is 22.0 Å². The van der Waals surface area contributed by atoms with Crippen molar-refractivity contribution in [3.05, 3.63) is 101 Å². The Balaban J connectivity index is 1.57. The molecule has 1 heterocycles. The summed E-state index contributed by atoms with van der Waals surface area (Å²) < 4.78 is 39.0. The second-order valence-electron chi connectivity index (χ2n) is 13.4. The number of sulfonamides is 1. The Morgan fingerprint density at radius 1 is 0.939 bits per heavy atom. The molecule has 0 unspecified atom stereocenters. The van der Waals surface area contributed by atoms with Gasteiger partial charge in [0.2, 0.25) is 16.0 Å². The van der Waals surface area contributed by atoms with Crippen molar-refractivity contribution in [2.75, 3.05) is 28.7 Å². The Hall–Kier alpha value is -5.16. The van der Waals surface area contributed by atoms with Crippen molar-refractivity contribution in [1.29, 1.82) is 0 Å². The van der Waals surface area contributed by atoms with Gasteiger partial charge in [-0.3, -0.25) is 9.52 Å². The number of hydrogen-bond acceptors (Lipinski definition) is 8. The number of carbonyl (C=O) groups is 1. The van der Waals surface area contributed by atoms with Crippen molar-refractivity contribution in [2.24, 2.45) is 0 Å². The van der Waals surface area contributed by atoms with Crippen molar-refractivity contribution >= 4 is 44.2 Å². The van der Waals surface area contributed by atoms with Crippen LogP contribution < -0.4 is 24.8 Å². The molecular weight excluding hydrogens is 639 g/mol. The third kappa shape index (κ3) is 8.66. The zero-order chi connectivity index (χ0) is 35.5. The minimum atomic E-state index is -3.63. The van der Waals surface area contributed by atoms with Gasteiger partial charge in [-0.05, 0) is 78.8 Å². The first kappa shape index (κ1) is 35.2. The lowest BCUT2D eigenvalue weighted by atomic mass is 9.86. The molecule has 0 aliphatic rings. The van der Waals surface area contributed by atoms with Gasteiger partial charge in [-0.15, -0.1) is 0 Å². The number of aromatic nitrogens is 2. The molecule has 0 fully saturated rings. The molecule has 5 aromatic rings. The fourth-order valence-corrected chi connectivity index (χ4v) is 5.90. The molecule has 0 saturated carbocycles. The van der Waals surface area contributed by atoms with E-state index in [0.29, 0.717) is 29.6 Å². The summed E-state index contributed by atoms with van der Waals surface area (Å²) in [6.45, 7) is 12.4. The molecule has 0 bridgehead atoms. The van der Waals surface area contributed by atoms with Crippen LogP contribution in [0, 0.1) is 6.92 Å². The van der Waals surface area contributed by atoms with Gasteiger partial charge in [0.25, 0.3) is 5.91 Å². The highest BCUT2D eigenvalue weighted by Crippen LogP contribution is 2.40. The summed E-state index contributed by atoms with van der Waals surface area (Å²) in [5, 5.41) is 7.04. The Morgan fingerprint density at radius 2 is 1.65 bits per heavy atom. The van der Waals surface area contributed by atoms with Crippen LogP contribution in [0.1, 0.15) is 61.7 Å². The van der Waals surface area contributed by atoms with E-state index in [-0.39, 0.29) is 22.9 Å². The van der Waals surface area contributed by atoms with Crippen LogP contribution >= 0.6 is 0 Å². The summed E-state index contributed by atoms with van der Waals surface area (Å²) >= 11 is 0. The van der Waals surface area contributed by atoms with Gasteiger partial charge in [0, 0.05) is 34.8 Å². The standard InChI is InChI=1S/C38H43N5O5S/c1-23(2)40-37-39-21-27-17-30(34(20-31(27)42-37)48-22-25-12-10-9-11-13-25)29-16-26(15-14-24(29)3)36(44)41-32-18-28(38(4,5)6)19-33(35(32)47-7)43-49(8,45)46/h9-21,23,43H,22H2,1-8H3,(H,41,44)(H,39,40,42). The number of nitrogens with zero attached hydrogens (tertiary/aromatic N) is 2. The number of nitrogens with one attached hydrogen (secondary N) is 3. The first-order valence-electron chi connectivity index (χ1n) is 16.0. The van der Waals surface area contributed by atoms with Crippen molar-refractivity contribution in [3.63, 3.8) is 0 Å². The Labute approximate surface area is 288 Å². The van der Waals surface area contributed by atoms with Gasteiger partial charge >= 0.3 is 0 Å². The second kappa shape index (κ2) is 14.1. The number of benzene rings is 4. The predicted octanol–water partition coefficient (Wildman–Crippen LogP) is 7.93. The average molecular weight is 682 g/mol. The van der Waals surface area contributed by atoms with Gasteiger partial charge in [0.05, 0.1) is 30.3 Å². The van der Waals surface area contributed by atoms with Crippen LogP contribution in [0.3, 0.4) is 0 Å². The van der Waals surface area contributed by atoms with Gasteiger partial charge < -0.3 is 20.1 Å². The number of carbonyl (C=O) groups excluding carboxylic acids is 1. The maximum atomic E-state index is 13.9. The maximum absolute atomic E-state index is 13.9. The van der Waals surface area contributed by atoms with E-state index in [1.165, 1.54) is 7.11 Å². The predicted molar refractivity (Wildman–Crippen MR) is 197 cm³/mol. The molecule has 0 saturated heterocycles. The molecule has 0 spiro atoms. The van der Waals surface area contributed by atoms with E-state index in [0.717, 1.165) is 45.0 Å². The van der Waals surface area contributed by atoms with Crippen molar-refractivity contribution in [1.82, 2.24) is 9.97 Å². The van der Waals surface area contributed by atoms with Crippen molar-refractivity contribution in [2.45, 2.75) is 59.6 Å². The zero-order valence-electron chi connectivity index (χ0n) is 29.1. The number of rotatable bonds is 11. The lowest BCUT2D eigenvalue weighted by molar-refractivity contribution is 0.102. The summed E-state index contributed by atoms with van der Waals surface area (Å²) in [7, 11) is -2.20. The molecule has 0 aliphatic heterocycles. The number of anilines is 3. The van der Waals surface area contributed by atoms with Crippen LogP contribution in [-0.4, -0.2) is 43.7 Å². The number of hydrogen-bond donors (Lipinski definition) is 3. The fraction of sp³-hybridized carbons (Fsp3) is 0.289. The Kier molecular flexibility index (Phi) is 10.1. The lowest BCUT2D eigenvalue weighted by Crippen LogP contribution is -2.18. The number of aryl methyl sites for hydroxylation is 1. The molecule has 11 heteroatoms. The molecule has 0 atom stereocenters. The third-order valence-corrected chi connectivity index (χ3v) is 8.42. The van der Waals surface area contributed by atoms with Gasteiger partial charge in [-0.25, -0.2) is 18.4 Å². The molecule has 49 heavy (non-hydrogen) atoms. The summed E-state index contributed by atoms with van der Waals surface area (Å²) in [6, 6.07) is 23.0. The SMILES string of the molecule is COc1c(NC(=O)c2ccc(C)c(-c3cc4cnc(NC(C)C)nc4cc3OCc3ccccc3)c2)cc(C(C)(C)C)cc1NS(C)(=O)=O. The van der Waals surface area contributed by atoms with E-state index in [1.54, 1.807) is 24.4 Å². The number of methoxy groups -OCH3 is 1. The first-order chi connectivity index (χ1) is 23.1. The molecule has 256 valence electrons. The van der Waals surface area contributed by atoms with Crippen molar-refractivity contribution in [3.8, 4) is 22.6 Å². The van der Waals surface area contributed by atoms with Gasteiger partial charge in [0.1, 0.15) is 12.4 Å². The van der Waals surface area contributed by atoms with E-state index in [4.69, 9.17) is 14.5 Å². The summed E-state index contributed by atoms with van der Waals surface area (Å²) in [5.74, 6) is 0.954. The quantitative estimate of drug-likeness (QED) is 0.128. The summed E-state index contributed by atoms with van der Waals surface area (Å²) in [4.78, 5) is 23.1. The minimum Gasteiger partial charge on any atom is -0.492 e.